The van der Waals surface area contributed by atoms with E-state index < -0.39 is 6.03 Å². The molecule has 0 bridgehead atoms. The Morgan fingerprint density at radius 2 is 1.95 bits per heavy atom. The van der Waals surface area contributed by atoms with E-state index in [1.165, 1.54) is 35.6 Å². The smallest absolute Gasteiger partial charge is 0.325 e. The van der Waals surface area contributed by atoms with Crippen LogP contribution in [0.1, 0.15) is 0 Å². The highest BCUT2D eigenvalue weighted by molar-refractivity contribution is 7.22. The summed E-state index contributed by atoms with van der Waals surface area (Å²) in [6.07, 6.45) is 0. The lowest BCUT2D eigenvalue weighted by Crippen LogP contribution is -2.19. The Labute approximate surface area is 129 Å². The summed E-state index contributed by atoms with van der Waals surface area (Å²) < 4.78 is 18.9. The van der Waals surface area contributed by atoms with Gasteiger partial charge in [-0.25, -0.2) is 14.2 Å². The number of carbonyl (C=O) groups excluding carboxylic acids is 1. The summed E-state index contributed by atoms with van der Waals surface area (Å²) >= 11 is 1.35. The number of anilines is 2. The third kappa shape index (κ3) is 3.15. The second kappa shape index (κ2) is 5.98. The van der Waals surface area contributed by atoms with Crippen LogP contribution in [-0.2, 0) is 0 Å². The molecule has 5 nitrogen and oxygen atoms in total. The maximum atomic E-state index is 12.8. The van der Waals surface area contributed by atoms with Gasteiger partial charge in [-0.05, 0) is 42.5 Å². The van der Waals surface area contributed by atoms with Crippen molar-refractivity contribution in [2.75, 3.05) is 17.7 Å². The molecule has 0 aliphatic carbocycles. The fraction of sp³-hybridized carbons (Fsp3) is 0.0667. The highest BCUT2D eigenvalue weighted by Crippen LogP contribution is 2.29. The van der Waals surface area contributed by atoms with Gasteiger partial charge in [0.2, 0.25) is 0 Å². The highest BCUT2D eigenvalue weighted by Gasteiger charge is 2.08. The second-order valence-electron chi connectivity index (χ2n) is 4.44. The molecular weight excluding hydrogens is 305 g/mol. The second-order valence-corrected chi connectivity index (χ2v) is 5.47. The topological polar surface area (TPSA) is 63.2 Å². The summed E-state index contributed by atoms with van der Waals surface area (Å²) in [6, 6.07) is 10.6. The van der Waals surface area contributed by atoms with Gasteiger partial charge < -0.3 is 10.1 Å². The molecule has 2 aromatic carbocycles. The zero-order valence-electron chi connectivity index (χ0n) is 11.6. The van der Waals surface area contributed by atoms with Gasteiger partial charge in [-0.3, -0.25) is 5.32 Å². The summed E-state index contributed by atoms with van der Waals surface area (Å²) in [6.45, 7) is 0. The zero-order valence-corrected chi connectivity index (χ0v) is 12.4. The van der Waals surface area contributed by atoms with Crippen LogP contribution in [0, 0.1) is 5.82 Å². The first-order chi connectivity index (χ1) is 10.6. The van der Waals surface area contributed by atoms with Gasteiger partial charge in [-0.15, -0.1) is 0 Å². The summed E-state index contributed by atoms with van der Waals surface area (Å²) in [5.41, 5.74) is 1.28. The van der Waals surface area contributed by atoms with E-state index in [0.29, 0.717) is 10.8 Å². The molecule has 0 aliphatic rings. The van der Waals surface area contributed by atoms with E-state index >= 15 is 0 Å². The van der Waals surface area contributed by atoms with Crippen molar-refractivity contribution < 1.29 is 13.9 Å². The number of nitrogens with one attached hydrogen (secondary N) is 2. The molecule has 0 spiro atoms. The third-order valence-corrected chi connectivity index (χ3v) is 3.85. The number of amides is 2. The lowest BCUT2D eigenvalue weighted by atomic mass is 10.3. The molecule has 0 unspecified atom stereocenters. The van der Waals surface area contributed by atoms with Crippen LogP contribution >= 0.6 is 11.3 Å². The molecule has 0 saturated carbocycles. The van der Waals surface area contributed by atoms with Gasteiger partial charge in [0, 0.05) is 5.69 Å². The Bertz CT molecular complexity index is 817. The molecule has 112 valence electrons. The molecule has 0 radical (unpaired) electrons. The molecule has 3 rings (SSSR count). The minimum absolute atomic E-state index is 0.355. The maximum absolute atomic E-state index is 12.8. The van der Waals surface area contributed by atoms with E-state index in [1.54, 1.807) is 7.11 Å². The van der Waals surface area contributed by atoms with Crippen LogP contribution in [0.15, 0.2) is 42.5 Å². The molecule has 1 aromatic heterocycles. The number of methoxy groups -OCH3 is 1. The normalized spacial score (nSPS) is 10.5. The molecule has 22 heavy (non-hydrogen) atoms. The third-order valence-electron chi connectivity index (χ3n) is 2.92. The molecule has 0 saturated heterocycles. The Hall–Kier alpha value is -2.67. The number of ether oxygens (including phenoxy) is 1. The standard InChI is InChI=1S/C15H12FN3O2S/c1-21-11-6-7-12-13(8-11)22-15(18-12)19-14(20)17-10-4-2-9(16)3-5-10/h2-8H,1H3,(H2,17,18,19,20). The number of hydrogen-bond donors (Lipinski definition) is 2. The van der Waals surface area contributed by atoms with Crippen molar-refractivity contribution in [3.05, 3.63) is 48.3 Å². The van der Waals surface area contributed by atoms with Crippen LogP contribution in [0.4, 0.5) is 20.0 Å². The average Bonchev–Trinajstić information content (AvgIpc) is 2.90. The minimum atomic E-state index is -0.433. The lowest BCUT2D eigenvalue weighted by Gasteiger charge is -2.04. The SMILES string of the molecule is COc1ccc2nc(NC(=O)Nc3ccc(F)cc3)sc2c1. The largest absolute Gasteiger partial charge is 0.497 e. The van der Waals surface area contributed by atoms with Gasteiger partial charge in [0.05, 0.1) is 17.3 Å². The first-order valence-corrected chi connectivity index (χ1v) is 7.24. The van der Waals surface area contributed by atoms with Crippen molar-refractivity contribution in [3.8, 4) is 5.75 Å². The molecule has 2 N–H and O–H groups in total. The van der Waals surface area contributed by atoms with Gasteiger partial charge in [-0.2, -0.15) is 0 Å². The Balaban J connectivity index is 1.72. The minimum Gasteiger partial charge on any atom is -0.497 e. The quantitative estimate of drug-likeness (QED) is 0.765. The van der Waals surface area contributed by atoms with Crippen LogP contribution in [-0.4, -0.2) is 18.1 Å². The van der Waals surface area contributed by atoms with Crippen LogP contribution in [0.5, 0.6) is 5.75 Å². The molecule has 1 heterocycles. The van der Waals surface area contributed by atoms with Crippen LogP contribution in [0.3, 0.4) is 0 Å². The number of aromatic nitrogens is 1. The van der Waals surface area contributed by atoms with Gasteiger partial charge >= 0.3 is 6.03 Å². The number of halogens is 1. The van der Waals surface area contributed by atoms with E-state index in [-0.39, 0.29) is 5.82 Å². The van der Waals surface area contributed by atoms with Crippen molar-refractivity contribution in [1.29, 1.82) is 0 Å². The summed E-state index contributed by atoms with van der Waals surface area (Å²) in [7, 11) is 1.59. The highest BCUT2D eigenvalue weighted by atomic mass is 32.1. The fourth-order valence-corrected chi connectivity index (χ4v) is 2.77. The van der Waals surface area contributed by atoms with Gasteiger partial charge in [0.15, 0.2) is 5.13 Å². The number of fused-ring (bicyclic) bond motifs is 1. The van der Waals surface area contributed by atoms with Crippen molar-refractivity contribution in [2.24, 2.45) is 0 Å². The van der Waals surface area contributed by atoms with Crippen molar-refractivity contribution in [3.63, 3.8) is 0 Å². The molecule has 3 aromatic rings. The van der Waals surface area contributed by atoms with Crippen molar-refractivity contribution >= 4 is 38.4 Å². The van der Waals surface area contributed by atoms with Gasteiger partial charge in [-0.1, -0.05) is 11.3 Å². The lowest BCUT2D eigenvalue weighted by molar-refractivity contribution is 0.262. The molecule has 2 amide bonds. The summed E-state index contributed by atoms with van der Waals surface area (Å²) in [5, 5.41) is 5.74. The number of carbonyl (C=O) groups is 1. The van der Waals surface area contributed by atoms with E-state index in [0.717, 1.165) is 16.0 Å². The number of hydrogen-bond acceptors (Lipinski definition) is 4. The summed E-state index contributed by atoms with van der Waals surface area (Å²) in [5.74, 6) is 0.379. The Morgan fingerprint density at radius 3 is 2.68 bits per heavy atom. The fourth-order valence-electron chi connectivity index (χ4n) is 1.88. The zero-order chi connectivity index (χ0) is 15.5. The average molecular weight is 317 g/mol. The number of benzene rings is 2. The monoisotopic (exact) mass is 317 g/mol. The number of urea groups is 1. The molecule has 0 aliphatic heterocycles. The molecule has 0 fully saturated rings. The summed E-state index contributed by atoms with van der Waals surface area (Å²) in [4.78, 5) is 16.2. The van der Waals surface area contributed by atoms with Crippen LogP contribution in [0.25, 0.3) is 10.2 Å². The Kier molecular flexibility index (Phi) is 3.88. The number of thiazole rings is 1. The van der Waals surface area contributed by atoms with Gasteiger partial charge in [0.1, 0.15) is 11.6 Å². The molecule has 7 heteroatoms. The predicted octanol–water partition coefficient (Wildman–Crippen LogP) is 4.09. The Morgan fingerprint density at radius 1 is 1.18 bits per heavy atom. The predicted molar refractivity (Wildman–Crippen MR) is 85.2 cm³/mol. The van der Waals surface area contributed by atoms with E-state index in [1.807, 2.05) is 18.2 Å². The van der Waals surface area contributed by atoms with E-state index in [4.69, 9.17) is 4.74 Å². The van der Waals surface area contributed by atoms with E-state index in [2.05, 4.69) is 15.6 Å². The molecular formula is C15H12FN3O2S. The van der Waals surface area contributed by atoms with Gasteiger partial charge in [0.25, 0.3) is 0 Å². The first kappa shape index (κ1) is 14.3. The van der Waals surface area contributed by atoms with Crippen LogP contribution in [0.2, 0.25) is 0 Å². The maximum Gasteiger partial charge on any atom is 0.325 e. The molecule has 0 atom stereocenters. The number of nitrogens with zero attached hydrogens (tertiary/aromatic N) is 1. The number of rotatable bonds is 3. The van der Waals surface area contributed by atoms with Crippen molar-refractivity contribution in [2.45, 2.75) is 0 Å². The first-order valence-electron chi connectivity index (χ1n) is 6.42. The van der Waals surface area contributed by atoms with Crippen LogP contribution < -0.4 is 15.4 Å². The van der Waals surface area contributed by atoms with E-state index in [9.17, 15) is 9.18 Å². The van der Waals surface area contributed by atoms with Crippen molar-refractivity contribution in [1.82, 2.24) is 4.98 Å².